The van der Waals surface area contributed by atoms with Crippen molar-refractivity contribution in [1.29, 1.82) is 0 Å². The first-order valence-corrected chi connectivity index (χ1v) is 7.06. The third-order valence-corrected chi connectivity index (χ3v) is 3.49. The van der Waals surface area contributed by atoms with E-state index >= 15 is 0 Å². The van der Waals surface area contributed by atoms with E-state index < -0.39 is 0 Å². The highest BCUT2D eigenvalue weighted by molar-refractivity contribution is 5.41. The van der Waals surface area contributed by atoms with Crippen LogP contribution in [0.2, 0.25) is 0 Å². The topological polar surface area (TPSA) is 24.5 Å². The zero-order valence-electron chi connectivity index (χ0n) is 13.2. The summed E-state index contributed by atoms with van der Waals surface area (Å²) in [5.74, 6) is 1.51. The summed E-state index contributed by atoms with van der Waals surface area (Å²) < 4.78 is 5.59. The van der Waals surface area contributed by atoms with Gasteiger partial charge in [0.15, 0.2) is 0 Å². The summed E-state index contributed by atoms with van der Waals surface area (Å²) in [6.45, 7) is 8.45. The molecule has 3 nitrogen and oxygen atoms in total. The molecule has 0 spiro atoms. The van der Waals surface area contributed by atoms with Gasteiger partial charge in [-0.1, -0.05) is 32.9 Å². The molecule has 1 rings (SSSR count). The molecule has 0 saturated carbocycles. The molecule has 19 heavy (non-hydrogen) atoms. The van der Waals surface area contributed by atoms with E-state index in [9.17, 15) is 0 Å². The van der Waals surface area contributed by atoms with Gasteiger partial charge in [0.1, 0.15) is 5.75 Å². The summed E-state index contributed by atoms with van der Waals surface area (Å²) >= 11 is 0. The zero-order valence-corrected chi connectivity index (χ0v) is 13.2. The van der Waals surface area contributed by atoms with Gasteiger partial charge < -0.3 is 15.0 Å². The van der Waals surface area contributed by atoms with Crippen LogP contribution in [0, 0.1) is 0 Å². The van der Waals surface area contributed by atoms with E-state index in [4.69, 9.17) is 4.74 Å². The number of ether oxygens (including phenoxy) is 1. The highest BCUT2D eigenvalue weighted by Gasteiger charge is 2.18. The number of nitrogens with one attached hydrogen (secondary N) is 1. The molecule has 0 heterocycles. The fourth-order valence-corrected chi connectivity index (χ4v) is 2.21. The van der Waals surface area contributed by atoms with Gasteiger partial charge in [0, 0.05) is 12.1 Å². The van der Waals surface area contributed by atoms with Crippen molar-refractivity contribution in [3.05, 3.63) is 29.3 Å². The third-order valence-electron chi connectivity index (χ3n) is 3.49. The Morgan fingerprint density at radius 2 is 1.95 bits per heavy atom. The van der Waals surface area contributed by atoms with E-state index in [0.717, 1.165) is 18.8 Å². The molecule has 0 aliphatic rings. The van der Waals surface area contributed by atoms with E-state index in [0.29, 0.717) is 12.0 Å². The normalized spacial score (nSPS) is 13.1. The second-order valence-electron chi connectivity index (χ2n) is 5.44. The number of hydrogen-bond acceptors (Lipinski definition) is 3. The monoisotopic (exact) mass is 264 g/mol. The lowest BCUT2D eigenvalue weighted by molar-refractivity contribution is 0.280. The lowest BCUT2D eigenvalue weighted by atomic mass is 9.97. The molecule has 3 heteroatoms. The molecule has 1 aromatic rings. The van der Waals surface area contributed by atoms with Gasteiger partial charge in [-0.15, -0.1) is 0 Å². The van der Waals surface area contributed by atoms with Crippen molar-refractivity contribution in [1.82, 2.24) is 10.2 Å². The summed E-state index contributed by atoms with van der Waals surface area (Å²) in [5.41, 5.74) is 2.57. The summed E-state index contributed by atoms with van der Waals surface area (Å²) in [5, 5.41) is 3.42. The minimum absolute atomic E-state index is 0.330. The van der Waals surface area contributed by atoms with E-state index in [-0.39, 0.29) is 0 Å². The van der Waals surface area contributed by atoms with Crippen LogP contribution in [-0.2, 0) is 0 Å². The fourth-order valence-electron chi connectivity index (χ4n) is 2.21. The molecule has 0 fully saturated rings. The van der Waals surface area contributed by atoms with Gasteiger partial charge in [-0.05, 0) is 38.2 Å². The van der Waals surface area contributed by atoms with Crippen molar-refractivity contribution in [3.63, 3.8) is 0 Å². The summed E-state index contributed by atoms with van der Waals surface area (Å²) in [4.78, 5) is 2.23. The van der Waals surface area contributed by atoms with Crippen molar-refractivity contribution < 1.29 is 4.74 Å². The summed E-state index contributed by atoms with van der Waals surface area (Å²) in [6, 6.07) is 6.92. The van der Waals surface area contributed by atoms with Gasteiger partial charge in [-0.25, -0.2) is 0 Å². The minimum Gasteiger partial charge on any atom is -0.496 e. The van der Waals surface area contributed by atoms with Crippen LogP contribution in [-0.4, -0.2) is 39.2 Å². The Kier molecular flexibility index (Phi) is 6.32. The lowest BCUT2D eigenvalue weighted by Crippen LogP contribution is -2.31. The first kappa shape index (κ1) is 16.0. The standard InChI is InChI=1S/C16H28N2O/c1-7-17-11-15(18(4)5)14-9-8-13(12(2)3)10-16(14)19-6/h8-10,12,15,17H,7,11H2,1-6H3. The largest absolute Gasteiger partial charge is 0.496 e. The Morgan fingerprint density at radius 3 is 2.42 bits per heavy atom. The van der Waals surface area contributed by atoms with Gasteiger partial charge in [0.05, 0.1) is 13.2 Å². The molecule has 0 saturated heterocycles. The van der Waals surface area contributed by atoms with Crippen LogP contribution in [0.25, 0.3) is 0 Å². The van der Waals surface area contributed by atoms with Crippen LogP contribution < -0.4 is 10.1 Å². The molecule has 0 radical (unpaired) electrons. The van der Waals surface area contributed by atoms with Crippen LogP contribution >= 0.6 is 0 Å². The van der Waals surface area contributed by atoms with Crippen molar-refractivity contribution in [2.45, 2.75) is 32.7 Å². The average Bonchev–Trinajstić information content (AvgIpc) is 2.38. The third kappa shape index (κ3) is 4.22. The Labute approximate surface area is 118 Å². The van der Waals surface area contributed by atoms with E-state index in [1.807, 2.05) is 0 Å². The number of likely N-dealkylation sites (N-methyl/N-ethyl adjacent to an activating group) is 2. The van der Waals surface area contributed by atoms with Crippen LogP contribution in [0.15, 0.2) is 18.2 Å². The van der Waals surface area contributed by atoms with Gasteiger partial charge in [0.25, 0.3) is 0 Å². The molecular weight excluding hydrogens is 236 g/mol. The second-order valence-corrected chi connectivity index (χ2v) is 5.44. The SMILES string of the molecule is CCNCC(c1ccc(C(C)C)cc1OC)N(C)C. The highest BCUT2D eigenvalue weighted by atomic mass is 16.5. The Morgan fingerprint density at radius 1 is 1.26 bits per heavy atom. The van der Waals surface area contributed by atoms with Crippen LogP contribution in [0.3, 0.4) is 0 Å². The minimum atomic E-state index is 0.330. The molecule has 108 valence electrons. The predicted molar refractivity (Wildman–Crippen MR) is 82.1 cm³/mol. The Bertz CT molecular complexity index is 388. The number of benzene rings is 1. The second kappa shape index (κ2) is 7.51. The van der Waals surface area contributed by atoms with E-state index in [2.05, 4.69) is 63.3 Å². The molecule has 0 bridgehead atoms. The van der Waals surface area contributed by atoms with Crippen molar-refractivity contribution in [2.75, 3.05) is 34.3 Å². The van der Waals surface area contributed by atoms with Gasteiger partial charge in [0.2, 0.25) is 0 Å². The Balaban J connectivity index is 3.08. The fraction of sp³-hybridized carbons (Fsp3) is 0.625. The molecule has 0 aromatic heterocycles. The van der Waals surface area contributed by atoms with Crippen LogP contribution in [0.4, 0.5) is 0 Å². The molecule has 1 aromatic carbocycles. The van der Waals surface area contributed by atoms with Gasteiger partial charge >= 0.3 is 0 Å². The van der Waals surface area contributed by atoms with Crippen molar-refractivity contribution >= 4 is 0 Å². The van der Waals surface area contributed by atoms with E-state index in [1.54, 1.807) is 7.11 Å². The Hall–Kier alpha value is -1.06. The number of hydrogen-bond donors (Lipinski definition) is 1. The zero-order chi connectivity index (χ0) is 14.4. The molecule has 0 amide bonds. The highest BCUT2D eigenvalue weighted by Crippen LogP contribution is 2.31. The predicted octanol–water partition coefficient (Wildman–Crippen LogP) is 3.03. The lowest BCUT2D eigenvalue weighted by Gasteiger charge is -2.27. The maximum atomic E-state index is 5.59. The van der Waals surface area contributed by atoms with Crippen LogP contribution in [0.1, 0.15) is 43.9 Å². The van der Waals surface area contributed by atoms with Crippen molar-refractivity contribution in [2.24, 2.45) is 0 Å². The molecule has 1 atom stereocenters. The number of methoxy groups -OCH3 is 1. The first-order chi connectivity index (χ1) is 9.01. The maximum Gasteiger partial charge on any atom is 0.123 e. The van der Waals surface area contributed by atoms with Gasteiger partial charge in [-0.3, -0.25) is 0 Å². The van der Waals surface area contributed by atoms with Gasteiger partial charge in [-0.2, -0.15) is 0 Å². The molecule has 0 aliphatic heterocycles. The molecular formula is C16H28N2O. The van der Waals surface area contributed by atoms with Crippen molar-refractivity contribution in [3.8, 4) is 5.75 Å². The number of nitrogens with zero attached hydrogens (tertiary/aromatic N) is 1. The average molecular weight is 264 g/mol. The molecule has 1 N–H and O–H groups in total. The quantitative estimate of drug-likeness (QED) is 0.819. The smallest absolute Gasteiger partial charge is 0.123 e. The van der Waals surface area contributed by atoms with E-state index in [1.165, 1.54) is 11.1 Å². The van der Waals surface area contributed by atoms with Crippen LogP contribution in [0.5, 0.6) is 5.75 Å². The number of rotatable bonds is 7. The first-order valence-electron chi connectivity index (χ1n) is 7.06. The summed E-state index contributed by atoms with van der Waals surface area (Å²) in [6.07, 6.45) is 0. The molecule has 0 aliphatic carbocycles. The summed E-state index contributed by atoms with van der Waals surface area (Å²) in [7, 11) is 5.97. The molecule has 1 unspecified atom stereocenters. The maximum absolute atomic E-state index is 5.59.